The number of ether oxygens (including phenoxy) is 1. The molecular formula is C21H20N6O3. The summed E-state index contributed by atoms with van der Waals surface area (Å²) in [7, 11) is 0. The number of fused-ring (bicyclic) bond motifs is 1. The zero-order chi connectivity index (χ0) is 20.7. The van der Waals surface area contributed by atoms with Gasteiger partial charge in [-0.25, -0.2) is 14.5 Å². The minimum absolute atomic E-state index is 0.0462. The van der Waals surface area contributed by atoms with E-state index in [9.17, 15) is 9.90 Å². The fourth-order valence-electron chi connectivity index (χ4n) is 3.60. The Hall–Kier alpha value is -3.72. The summed E-state index contributed by atoms with van der Waals surface area (Å²) in [5, 5.41) is 18.3. The minimum atomic E-state index is -1.09. The number of rotatable bonds is 4. The Kier molecular flexibility index (Phi) is 4.44. The number of aromatic nitrogens is 5. The molecule has 0 aliphatic carbocycles. The number of aryl methyl sites for hydroxylation is 1. The Morgan fingerprint density at radius 2 is 1.93 bits per heavy atom. The van der Waals surface area contributed by atoms with Crippen molar-refractivity contribution in [2.24, 2.45) is 0 Å². The van der Waals surface area contributed by atoms with Crippen LogP contribution in [0.5, 0.6) is 0 Å². The zero-order valence-electron chi connectivity index (χ0n) is 16.4. The molecular weight excluding hydrogens is 384 g/mol. The molecule has 3 aromatic heterocycles. The first-order chi connectivity index (χ1) is 14.6. The van der Waals surface area contributed by atoms with Crippen LogP contribution in [0.25, 0.3) is 22.7 Å². The van der Waals surface area contributed by atoms with E-state index in [1.54, 1.807) is 9.20 Å². The van der Waals surface area contributed by atoms with E-state index in [0.717, 1.165) is 22.6 Å². The summed E-state index contributed by atoms with van der Waals surface area (Å²) in [5.41, 5.74) is 3.44. The van der Waals surface area contributed by atoms with Crippen LogP contribution in [0.3, 0.4) is 0 Å². The maximum atomic E-state index is 11.4. The highest BCUT2D eigenvalue weighted by atomic mass is 16.5. The van der Waals surface area contributed by atoms with Crippen molar-refractivity contribution >= 4 is 17.4 Å². The number of hydrogen-bond acceptors (Lipinski definition) is 6. The summed E-state index contributed by atoms with van der Waals surface area (Å²) in [6.45, 7) is 4.63. The van der Waals surface area contributed by atoms with Gasteiger partial charge in [0.1, 0.15) is 5.82 Å². The lowest BCUT2D eigenvalue weighted by Gasteiger charge is -2.29. The molecule has 0 atom stereocenters. The van der Waals surface area contributed by atoms with Gasteiger partial charge >= 0.3 is 5.97 Å². The summed E-state index contributed by atoms with van der Waals surface area (Å²) in [6, 6.07) is 13.4. The molecule has 9 heteroatoms. The van der Waals surface area contributed by atoms with Crippen molar-refractivity contribution in [1.29, 1.82) is 0 Å². The van der Waals surface area contributed by atoms with Gasteiger partial charge in [-0.1, -0.05) is 23.8 Å². The first-order valence-electron chi connectivity index (χ1n) is 9.68. The van der Waals surface area contributed by atoms with Crippen molar-refractivity contribution in [2.75, 3.05) is 31.2 Å². The fraction of sp³-hybridized carbons (Fsp3) is 0.238. The van der Waals surface area contributed by atoms with Crippen LogP contribution in [-0.4, -0.2) is 61.8 Å². The average Bonchev–Trinajstić information content (AvgIpc) is 3.41. The number of carboxylic acids is 1. The number of anilines is 1. The van der Waals surface area contributed by atoms with Gasteiger partial charge in [0.2, 0.25) is 0 Å². The van der Waals surface area contributed by atoms with Crippen LogP contribution in [0, 0.1) is 6.92 Å². The van der Waals surface area contributed by atoms with Crippen LogP contribution in [0.1, 0.15) is 16.1 Å². The van der Waals surface area contributed by atoms with Crippen LogP contribution >= 0.6 is 0 Å². The van der Waals surface area contributed by atoms with Crippen LogP contribution in [0.4, 0.5) is 5.82 Å². The van der Waals surface area contributed by atoms with Crippen molar-refractivity contribution in [3.05, 3.63) is 59.9 Å². The van der Waals surface area contributed by atoms with Gasteiger partial charge in [-0.15, -0.1) is 0 Å². The number of nitrogens with zero attached hydrogens (tertiary/aromatic N) is 6. The molecule has 1 aliphatic rings. The normalized spacial score (nSPS) is 14.4. The Labute approximate surface area is 172 Å². The molecule has 0 bridgehead atoms. The summed E-state index contributed by atoms with van der Waals surface area (Å²) in [6.07, 6.45) is 1.86. The zero-order valence-corrected chi connectivity index (χ0v) is 16.4. The lowest BCUT2D eigenvalue weighted by molar-refractivity contribution is 0.0690. The summed E-state index contributed by atoms with van der Waals surface area (Å²) in [4.78, 5) is 18.2. The monoisotopic (exact) mass is 404 g/mol. The SMILES string of the molecule is Cc1cccc(-c2ccn(-c3cc(N4CCOCC4)n4nc(C(=O)O)cc4n3)n2)c1. The van der Waals surface area contributed by atoms with Crippen molar-refractivity contribution in [3.8, 4) is 17.1 Å². The second-order valence-corrected chi connectivity index (χ2v) is 7.19. The van der Waals surface area contributed by atoms with E-state index < -0.39 is 5.97 Å². The molecule has 1 saturated heterocycles. The second-order valence-electron chi connectivity index (χ2n) is 7.19. The van der Waals surface area contributed by atoms with E-state index in [2.05, 4.69) is 21.0 Å². The van der Waals surface area contributed by atoms with Gasteiger partial charge in [0.15, 0.2) is 17.2 Å². The lowest BCUT2D eigenvalue weighted by Crippen LogP contribution is -2.37. The van der Waals surface area contributed by atoms with Crippen molar-refractivity contribution in [3.63, 3.8) is 0 Å². The standard InChI is InChI=1S/C21H20N6O3/c1-14-3-2-4-15(11-14)16-5-6-26(23-16)18-13-20(25-7-9-30-10-8-25)27-19(22-18)12-17(24-27)21(28)29/h2-6,11-13H,7-10H2,1H3,(H,28,29). The smallest absolute Gasteiger partial charge is 0.356 e. The summed E-state index contributed by atoms with van der Waals surface area (Å²) in [5.74, 6) is 0.272. The molecule has 4 heterocycles. The van der Waals surface area contributed by atoms with Crippen LogP contribution in [0.2, 0.25) is 0 Å². The first kappa shape index (κ1) is 18.3. The molecule has 0 saturated carbocycles. The Morgan fingerprint density at radius 3 is 2.70 bits per heavy atom. The van der Waals surface area contributed by atoms with Gasteiger partial charge in [0.25, 0.3) is 0 Å². The number of morpholine rings is 1. The number of benzene rings is 1. The minimum Gasteiger partial charge on any atom is -0.476 e. The Morgan fingerprint density at radius 1 is 1.10 bits per heavy atom. The van der Waals surface area contributed by atoms with Crippen molar-refractivity contribution < 1.29 is 14.6 Å². The molecule has 4 aromatic rings. The topological polar surface area (TPSA) is 97.8 Å². The number of carbonyl (C=O) groups is 1. The van der Waals surface area contributed by atoms with Gasteiger partial charge in [0, 0.05) is 37.0 Å². The molecule has 9 nitrogen and oxygen atoms in total. The largest absolute Gasteiger partial charge is 0.476 e. The molecule has 152 valence electrons. The molecule has 0 spiro atoms. The quantitative estimate of drug-likeness (QED) is 0.558. The second kappa shape index (κ2) is 7.27. The van der Waals surface area contributed by atoms with E-state index in [0.29, 0.717) is 37.8 Å². The van der Waals surface area contributed by atoms with Gasteiger partial charge in [-0.2, -0.15) is 14.7 Å². The average molecular weight is 404 g/mol. The highest BCUT2D eigenvalue weighted by Gasteiger charge is 2.20. The molecule has 1 aliphatic heterocycles. The predicted molar refractivity (Wildman–Crippen MR) is 110 cm³/mol. The van der Waals surface area contributed by atoms with E-state index >= 15 is 0 Å². The van der Waals surface area contributed by atoms with Crippen molar-refractivity contribution in [2.45, 2.75) is 6.92 Å². The number of aromatic carboxylic acids is 1. The molecule has 0 unspecified atom stereocenters. The van der Waals surface area contributed by atoms with Gasteiger partial charge in [-0.3, -0.25) is 0 Å². The molecule has 1 aromatic carbocycles. The predicted octanol–water partition coefficient (Wildman–Crippen LogP) is 2.43. The fourth-order valence-corrected chi connectivity index (χ4v) is 3.60. The third kappa shape index (κ3) is 3.29. The molecule has 0 radical (unpaired) electrons. The van der Waals surface area contributed by atoms with E-state index in [-0.39, 0.29) is 5.69 Å². The van der Waals surface area contributed by atoms with E-state index in [1.165, 1.54) is 6.07 Å². The first-order valence-corrected chi connectivity index (χ1v) is 9.68. The third-order valence-corrected chi connectivity index (χ3v) is 5.09. The molecule has 1 fully saturated rings. The molecule has 1 N–H and O–H groups in total. The van der Waals surface area contributed by atoms with Gasteiger partial charge < -0.3 is 14.7 Å². The maximum Gasteiger partial charge on any atom is 0.356 e. The van der Waals surface area contributed by atoms with Gasteiger partial charge in [0.05, 0.1) is 18.9 Å². The van der Waals surface area contributed by atoms with Crippen molar-refractivity contribution in [1.82, 2.24) is 24.4 Å². The summed E-state index contributed by atoms with van der Waals surface area (Å²) < 4.78 is 8.73. The lowest BCUT2D eigenvalue weighted by atomic mass is 10.1. The molecule has 5 rings (SSSR count). The van der Waals surface area contributed by atoms with Crippen LogP contribution in [-0.2, 0) is 4.74 Å². The highest BCUT2D eigenvalue weighted by molar-refractivity contribution is 5.87. The van der Waals surface area contributed by atoms with Gasteiger partial charge in [-0.05, 0) is 19.1 Å². The van der Waals surface area contributed by atoms with Crippen LogP contribution in [0.15, 0.2) is 48.7 Å². The number of hydrogen-bond donors (Lipinski definition) is 1. The van der Waals surface area contributed by atoms with E-state index in [4.69, 9.17) is 9.84 Å². The molecule has 30 heavy (non-hydrogen) atoms. The summed E-state index contributed by atoms with van der Waals surface area (Å²) >= 11 is 0. The highest BCUT2D eigenvalue weighted by Crippen LogP contribution is 2.23. The Balaban J connectivity index is 1.61. The Bertz CT molecular complexity index is 1240. The number of carboxylic acid groups (broad SMARTS) is 1. The third-order valence-electron chi connectivity index (χ3n) is 5.09. The van der Waals surface area contributed by atoms with Crippen LogP contribution < -0.4 is 4.90 Å². The maximum absolute atomic E-state index is 11.4. The molecule has 0 amide bonds. The van der Waals surface area contributed by atoms with E-state index in [1.807, 2.05) is 43.5 Å².